The van der Waals surface area contributed by atoms with E-state index in [9.17, 15) is 0 Å². The first-order valence-electron chi connectivity index (χ1n) is 6.55. The number of hydrogen-bond acceptors (Lipinski definition) is 3. The zero-order valence-electron chi connectivity index (χ0n) is 11.5. The van der Waals surface area contributed by atoms with Crippen LogP contribution in [0.4, 0.5) is 0 Å². The maximum absolute atomic E-state index is 4.31. The van der Waals surface area contributed by atoms with Crippen molar-refractivity contribution in [3.05, 3.63) is 35.9 Å². The molecule has 0 saturated carbocycles. The van der Waals surface area contributed by atoms with Gasteiger partial charge in [-0.2, -0.15) is 10.2 Å². The standard InChI is InChI=1S/C13H21N5.ClH/c1-3-5-18-11-13(9-16-18)7-14-6-12-8-15-17(4-2)10-12;/h8-11,14H,3-7H2,1-2H3;1H. The van der Waals surface area contributed by atoms with Crippen LogP contribution >= 0.6 is 12.4 Å². The number of hydrogen-bond donors (Lipinski definition) is 1. The molecule has 2 aromatic rings. The lowest BCUT2D eigenvalue weighted by Gasteiger charge is -2.00. The van der Waals surface area contributed by atoms with Crippen molar-refractivity contribution in [3.8, 4) is 0 Å². The van der Waals surface area contributed by atoms with Gasteiger partial charge in [0.2, 0.25) is 0 Å². The van der Waals surface area contributed by atoms with Crippen molar-refractivity contribution in [1.82, 2.24) is 24.9 Å². The second-order valence-electron chi connectivity index (χ2n) is 4.42. The first-order valence-corrected chi connectivity index (χ1v) is 6.55. The van der Waals surface area contributed by atoms with Gasteiger partial charge in [0.15, 0.2) is 0 Å². The number of aromatic nitrogens is 4. The van der Waals surface area contributed by atoms with E-state index in [1.54, 1.807) is 0 Å². The highest BCUT2D eigenvalue weighted by Crippen LogP contribution is 2.01. The normalized spacial score (nSPS) is 10.4. The molecule has 0 atom stereocenters. The third-order valence-electron chi connectivity index (χ3n) is 2.81. The zero-order chi connectivity index (χ0) is 12.8. The second-order valence-corrected chi connectivity index (χ2v) is 4.42. The Hall–Kier alpha value is -1.33. The van der Waals surface area contributed by atoms with Crippen molar-refractivity contribution in [2.24, 2.45) is 0 Å². The molecule has 0 aliphatic carbocycles. The average molecular weight is 284 g/mol. The molecule has 2 aromatic heterocycles. The van der Waals surface area contributed by atoms with Gasteiger partial charge in [-0.1, -0.05) is 6.92 Å². The molecule has 106 valence electrons. The van der Waals surface area contributed by atoms with Gasteiger partial charge in [0.05, 0.1) is 12.4 Å². The third-order valence-corrected chi connectivity index (χ3v) is 2.81. The molecule has 19 heavy (non-hydrogen) atoms. The van der Waals surface area contributed by atoms with Crippen molar-refractivity contribution >= 4 is 12.4 Å². The minimum absolute atomic E-state index is 0. The van der Waals surface area contributed by atoms with E-state index in [0.29, 0.717) is 0 Å². The molecule has 2 heterocycles. The molecule has 5 nitrogen and oxygen atoms in total. The highest BCUT2D eigenvalue weighted by Gasteiger charge is 1.99. The summed E-state index contributed by atoms with van der Waals surface area (Å²) in [7, 11) is 0. The Morgan fingerprint density at radius 1 is 1.00 bits per heavy atom. The molecule has 0 aromatic carbocycles. The number of halogens is 1. The topological polar surface area (TPSA) is 47.7 Å². The van der Waals surface area contributed by atoms with Crippen LogP contribution in [0, 0.1) is 0 Å². The summed E-state index contributed by atoms with van der Waals surface area (Å²) in [6.07, 6.45) is 9.14. The molecule has 0 saturated heterocycles. The fraction of sp³-hybridized carbons (Fsp3) is 0.538. The quantitative estimate of drug-likeness (QED) is 0.848. The molecular weight excluding hydrogens is 262 g/mol. The van der Waals surface area contributed by atoms with Crippen LogP contribution in [-0.2, 0) is 26.2 Å². The van der Waals surface area contributed by atoms with E-state index in [1.165, 1.54) is 11.1 Å². The van der Waals surface area contributed by atoms with E-state index in [0.717, 1.165) is 32.6 Å². The van der Waals surface area contributed by atoms with Gasteiger partial charge >= 0.3 is 0 Å². The molecule has 0 unspecified atom stereocenters. The highest BCUT2D eigenvalue weighted by molar-refractivity contribution is 5.85. The van der Waals surface area contributed by atoms with Gasteiger partial charge in [0.1, 0.15) is 0 Å². The van der Waals surface area contributed by atoms with Gasteiger partial charge in [-0.15, -0.1) is 12.4 Å². The summed E-state index contributed by atoms with van der Waals surface area (Å²) < 4.78 is 3.93. The molecule has 0 fully saturated rings. The van der Waals surface area contributed by atoms with Crippen LogP contribution in [0.15, 0.2) is 24.8 Å². The van der Waals surface area contributed by atoms with E-state index >= 15 is 0 Å². The van der Waals surface area contributed by atoms with E-state index in [2.05, 4.69) is 41.8 Å². The summed E-state index contributed by atoms with van der Waals surface area (Å²) in [6, 6.07) is 0. The van der Waals surface area contributed by atoms with Crippen molar-refractivity contribution < 1.29 is 0 Å². The van der Waals surface area contributed by atoms with Crippen LogP contribution in [0.5, 0.6) is 0 Å². The van der Waals surface area contributed by atoms with Gasteiger partial charge < -0.3 is 5.32 Å². The van der Waals surface area contributed by atoms with Crippen molar-refractivity contribution in [1.29, 1.82) is 0 Å². The summed E-state index contributed by atoms with van der Waals surface area (Å²) in [5.41, 5.74) is 2.45. The number of nitrogens with one attached hydrogen (secondary N) is 1. The summed E-state index contributed by atoms with van der Waals surface area (Å²) in [4.78, 5) is 0. The van der Waals surface area contributed by atoms with Gasteiger partial charge in [0, 0.05) is 49.7 Å². The molecule has 2 rings (SSSR count). The average Bonchev–Trinajstić information content (AvgIpc) is 2.99. The lowest BCUT2D eigenvalue weighted by atomic mass is 10.3. The predicted molar refractivity (Wildman–Crippen MR) is 78.2 cm³/mol. The van der Waals surface area contributed by atoms with E-state index < -0.39 is 0 Å². The Bertz CT molecular complexity index is 477. The molecule has 0 amide bonds. The largest absolute Gasteiger partial charge is 0.308 e. The second kappa shape index (κ2) is 7.96. The maximum Gasteiger partial charge on any atom is 0.0534 e. The van der Waals surface area contributed by atoms with Gasteiger partial charge in [-0.25, -0.2) is 0 Å². The van der Waals surface area contributed by atoms with E-state index in [1.807, 2.05) is 21.8 Å². The Kier molecular flexibility index (Phi) is 6.59. The van der Waals surface area contributed by atoms with Crippen LogP contribution in [0.2, 0.25) is 0 Å². The number of aryl methyl sites for hydroxylation is 2. The van der Waals surface area contributed by atoms with Crippen molar-refractivity contribution in [3.63, 3.8) is 0 Å². The zero-order valence-corrected chi connectivity index (χ0v) is 12.4. The lowest BCUT2D eigenvalue weighted by molar-refractivity contribution is 0.601. The van der Waals surface area contributed by atoms with Crippen LogP contribution in [0.25, 0.3) is 0 Å². The van der Waals surface area contributed by atoms with Crippen molar-refractivity contribution in [2.45, 2.75) is 46.4 Å². The Morgan fingerprint density at radius 2 is 1.58 bits per heavy atom. The molecule has 0 bridgehead atoms. The van der Waals surface area contributed by atoms with E-state index in [4.69, 9.17) is 0 Å². The van der Waals surface area contributed by atoms with Gasteiger partial charge in [-0.05, 0) is 13.3 Å². The van der Waals surface area contributed by atoms with E-state index in [-0.39, 0.29) is 12.4 Å². The molecular formula is C13H22ClN5. The minimum atomic E-state index is 0. The molecule has 0 aliphatic heterocycles. The predicted octanol–water partition coefficient (Wildman–Crippen LogP) is 2.22. The fourth-order valence-electron chi connectivity index (χ4n) is 1.87. The number of rotatable bonds is 7. The maximum atomic E-state index is 4.31. The lowest BCUT2D eigenvalue weighted by Crippen LogP contribution is -2.11. The van der Waals surface area contributed by atoms with Gasteiger partial charge in [0.25, 0.3) is 0 Å². The number of nitrogens with zero attached hydrogens (tertiary/aromatic N) is 4. The third kappa shape index (κ3) is 4.69. The molecule has 0 radical (unpaired) electrons. The van der Waals surface area contributed by atoms with Crippen LogP contribution in [0.1, 0.15) is 31.4 Å². The highest BCUT2D eigenvalue weighted by atomic mass is 35.5. The summed E-state index contributed by atoms with van der Waals surface area (Å²) in [5, 5.41) is 12.0. The Morgan fingerprint density at radius 3 is 2.11 bits per heavy atom. The Labute approximate surface area is 120 Å². The smallest absolute Gasteiger partial charge is 0.0534 e. The summed E-state index contributed by atoms with van der Waals surface area (Å²) in [6.45, 7) is 7.85. The first kappa shape index (κ1) is 15.7. The molecule has 0 aliphatic rings. The van der Waals surface area contributed by atoms with Gasteiger partial charge in [-0.3, -0.25) is 9.36 Å². The molecule has 6 heteroatoms. The molecule has 1 N–H and O–H groups in total. The van der Waals surface area contributed by atoms with Crippen LogP contribution < -0.4 is 5.32 Å². The first-order chi connectivity index (χ1) is 8.81. The van der Waals surface area contributed by atoms with Crippen LogP contribution in [0.3, 0.4) is 0 Å². The summed E-state index contributed by atoms with van der Waals surface area (Å²) in [5.74, 6) is 0. The van der Waals surface area contributed by atoms with Crippen LogP contribution in [-0.4, -0.2) is 19.6 Å². The monoisotopic (exact) mass is 283 g/mol. The van der Waals surface area contributed by atoms with Crippen molar-refractivity contribution in [2.75, 3.05) is 0 Å². The minimum Gasteiger partial charge on any atom is -0.308 e. The Balaban J connectivity index is 0.00000180. The molecule has 0 spiro atoms. The fourth-order valence-corrected chi connectivity index (χ4v) is 1.87. The SMILES string of the molecule is CCCn1cc(CNCc2cnn(CC)c2)cn1.Cl. The summed E-state index contributed by atoms with van der Waals surface area (Å²) >= 11 is 0.